The van der Waals surface area contributed by atoms with Gasteiger partial charge in [-0.05, 0) is 18.2 Å². The van der Waals surface area contributed by atoms with Crippen molar-refractivity contribution in [1.82, 2.24) is 0 Å². The molecule has 3 rings (SSSR count). The molecule has 1 aliphatic rings. The summed E-state index contributed by atoms with van der Waals surface area (Å²) < 4.78 is 17.2. The molecular weight excluding hydrogens is 294 g/mol. The number of halogens is 2. The second-order valence-corrected chi connectivity index (χ2v) is 6.44. The SMILES string of the molecule is O=P1(O)Oc2c(Cl)cc(Cl)cc2-c2ccccc21. The molecule has 2 aromatic carbocycles. The van der Waals surface area contributed by atoms with Crippen molar-refractivity contribution in [2.45, 2.75) is 0 Å². The normalized spacial score (nSPS) is 20.8. The summed E-state index contributed by atoms with van der Waals surface area (Å²) in [5.74, 6) is 0.200. The quantitative estimate of drug-likeness (QED) is 0.751. The first-order valence-electron chi connectivity index (χ1n) is 5.10. The van der Waals surface area contributed by atoms with Crippen LogP contribution in [0, 0.1) is 0 Å². The molecule has 6 heteroatoms. The van der Waals surface area contributed by atoms with E-state index in [0.29, 0.717) is 16.1 Å². The molecule has 0 spiro atoms. The molecule has 0 aromatic heterocycles. The average Bonchev–Trinajstić information content (AvgIpc) is 2.31. The van der Waals surface area contributed by atoms with E-state index >= 15 is 0 Å². The number of benzene rings is 2. The van der Waals surface area contributed by atoms with Gasteiger partial charge in [-0.25, -0.2) is 4.57 Å². The molecular formula is C12H7Cl2O3P. The lowest BCUT2D eigenvalue weighted by atomic mass is 10.0. The lowest BCUT2D eigenvalue weighted by Crippen LogP contribution is -2.17. The smallest absolute Gasteiger partial charge is 0.408 e. The van der Waals surface area contributed by atoms with Crippen LogP contribution in [0.3, 0.4) is 0 Å². The summed E-state index contributed by atoms with van der Waals surface area (Å²) in [6, 6.07) is 9.92. The van der Waals surface area contributed by atoms with E-state index in [0.717, 1.165) is 0 Å². The zero-order valence-corrected chi connectivity index (χ0v) is 11.3. The van der Waals surface area contributed by atoms with Crippen LogP contribution in [0.25, 0.3) is 11.1 Å². The molecule has 1 aliphatic heterocycles. The van der Waals surface area contributed by atoms with Crippen LogP contribution in [-0.2, 0) is 4.57 Å². The van der Waals surface area contributed by atoms with E-state index in [1.54, 1.807) is 30.3 Å². The van der Waals surface area contributed by atoms with Crippen LogP contribution in [0.2, 0.25) is 10.0 Å². The van der Waals surface area contributed by atoms with Gasteiger partial charge < -0.3 is 9.42 Å². The molecule has 0 fully saturated rings. The summed E-state index contributed by atoms with van der Waals surface area (Å²) in [5, 5.41) is 0.934. The summed E-state index contributed by atoms with van der Waals surface area (Å²) in [6.45, 7) is 0. The molecule has 1 N–H and O–H groups in total. The second-order valence-electron chi connectivity index (χ2n) is 3.89. The van der Waals surface area contributed by atoms with Gasteiger partial charge in [-0.2, -0.15) is 0 Å². The first-order chi connectivity index (χ1) is 8.49. The number of hydrogen-bond acceptors (Lipinski definition) is 2. The maximum Gasteiger partial charge on any atom is 0.408 e. The molecule has 0 saturated heterocycles. The molecule has 0 amide bonds. The van der Waals surface area contributed by atoms with Crippen LogP contribution in [0.5, 0.6) is 5.75 Å². The fourth-order valence-electron chi connectivity index (χ4n) is 1.97. The Hall–Kier alpha value is -0.990. The van der Waals surface area contributed by atoms with Crippen molar-refractivity contribution in [1.29, 1.82) is 0 Å². The topological polar surface area (TPSA) is 46.5 Å². The monoisotopic (exact) mass is 300 g/mol. The second kappa shape index (κ2) is 4.01. The van der Waals surface area contributed by atoms with Crippen molar-refractivity contribution in [3.63, 3.8) is 0 Å². The Kier molecular flexibility index (Phi) is 2.68. The van der Waals surface area contributed by atoms with Gasteiger partial charge in [-0.15, -0.1) is 0 Å². The van der Waals surface area contributed by atoms with E-state index in [-0.39, 0.29) is 16.1 Å². The predicted molar refractivity (Wildman–Crippen MR) is 72.0 cm³/mol. The molecule has 18 heavy (non-hydrogen) atoms. The van der Waals surface area contributed by atoms with Gasteiger partial charge in [0.05, 0.1) is 10.3 Å². The van der Waals surface area contributed by atoms with Gasteiger partial charge >= 0.3 is 7.60 Å². The van der Waals surface area contributed by atoms with E-state index in [1.807, 2.05) is 0 Å². The van der Waals surface area contributed by atoms with Crippen molar-refractivity contribution in [2.75, 3.05) is 0 Å². The highest BCUT2D eigenvalue weighted by Gasteiger charge is 2.35. The maximum absolute atomic E-state index is 12.1. The Morgan fingerprint density at radius 1 is 1.11 bits per heavy atom. The molecule has 0 bridgehead atoms. The van der Waals surface area contributed by atoms with E-state index < -0.39 is 7.60 Å². The highest BCUT2D eigenvalue weighted by Crippen LogP contribution is 2.54. The third-order valence-electron chi connectivity index (χ3n) is 2.72. The molecule has 0 aliphatic carbocycles. The van der Waals surface area contributed by atoms with E-state index in [4.69, 9.17) is 27.7 Å². The van der Waals surface area contributed by atoms with Crippen molar-refractivity contribution in [3.05, 3.63) is 46.4 Å². The van der Waals surface area contributed by atoms with Gasteiger partial charge in [0.15, 0.2) is 5.75 Å². The summed E-state index contributed by atoms with van der Waals surface area (Å²) >= 11 is 11.9. The Morgan fingerprint density at radius 3 is 2.61 bits per heavy atom. The molecule has 2 aromatic rings. The van der Waals surface area contributed by atoms with Gasteiger partial charge in [-0.3, -0.25) is 0 Å². The largest absolute Gasteiger partial charge is 0.419 e. The molecule has 1 atom stereocenters. The third-order valence-corrected chi connectivity index (χ3v) is 4.65. The van der Waals surface area contributed by atoms with Crippen molar-refractivity contribution in [2.24, 2.45) is 0 Å². The van der Waals surface area contributed by atoms with Crippen molar-refractivity contribution < 1.29 is 14.0 Å². The minimum Gasteiger partial charge on any atom is -0.419 e. The first-order valence-corrected chi connectivity index (χ1v) is 7.44. The summed E-state index contributed by atoms with van der Waals surface area (Å²) in [6.07, 6.45) is 0. The Balaban J connectivity index is 2.40. The minimum atomic E-state index is -3.88. The standard InChI is InChI=1S/C12H7Cl2O3P/c13-7-5-9-8-3-1-2-4-11(8)18(15,16)17-12(9)10(14)6-7/h1-6H,(H,15,16). The van der Waals surface area contributed by atoms with E-state index in [2.05, 4.69) is 0 Å². The lowest BCUT2D eigenvalue weighted by Gasteiger charge is -2.25. The van der Waals surface area contributed by atoms with Crippen LogP contribution >= 0.6 is 30.8 Å². The Morgan fingerprint density at radius 2 is 1.83 bits per heavy atom. The molecule has 92 valence electrons. The van der Waals surface area contributed by atoms with Crippen molar-refractivity contribution >= 4 is 36.1 Å². The van der Waals surface area contributed by atoms with Crippen LogP contribution in [0.15, 0.2) is 36.4 Å². The van der Waals surface area contributed by atoms with Crippen LogP contribution < -0.4 is 9.83 Å². The summed E-state index contributed by atoms with van der Waals surface area (Å²) in [7, 11) is -3.88. The summed E-state index contributed by atoms with van der Waals surface area (Å²) in [5.41, 5.74) is 1.25. The highest BCUT2D eigenvalue weighted by molar-refractivity contribution is 7.62. The highest BCUT2D eigenvalue weighted by atomic mass is 35.5. The lowest BCUT2D eigenvalue weighted by molar-refractivity contribution is 0.392. The van der Waals surface area contributed by atoms with Gasteiger partial charge in [0.25, 0.3) is 0 Å². The molecule has 0 saturated carbocycles. The van der Waals surface area contributed by atoms with Gasteiger partial charge in [0, 0.05) is 16.1 Å². The number of rotatable bonds is 0. The minimum absolute atomic E-state index is 0.200. The predicted octanol–water partition coefficient (Wildman–Crippen LogP) is 3.86. The molecule has 1 unspecified atom stereocenters. The van der Waals surface area contributed by atoms with Crippen molar-refractivity contribution in [3.8, 4) is 16.9 Å². The average molecular weight is 301 g/mol. The third kappa shape index (κ3) is 1.75. The Bertz CT molecular complexity index is 700. The number of fused-ring (bicyclic) bond motifs is 3. The fraction of sp³-hybridized carbons (Fsp3) is 0. The van der Waals surface area contributed by atoms with Crippen LogP contribution in [-0.4, -0.2) is 4.89 Å². The molecule has 3 nitrogen and oxygen atoms in total. The molecule has 1 heterocycles. The van der Waals surface area contributed by atoms with Crippen LogP contribution in [0.1, 0.15) is 0 Å². The van der Waals surface area contributed by atoms with Crippen LogP contribution in [0.4, 0.5) is 0 Å². The van der Waals surface area contributed by atoms with Gasteiger partial charge in [-0.1, -0.05) is 41.4 Å². The Labute approximate surface area is 113 Å². The summed E-state index contributed by atoms with van der Waals surface area (Å²) in [4.78, 5) is 9.91. The first kappa shape index (κ1) is 12.1. The maximum atomic E-state index is 12.1. The van der Waals surface area contributed by atoms with Gasteiger partial charge in [0.1, 0.15) is 0 Å². The van der Waals surface area contributed by atoms with E-state index in [1.165, 1.54) is 6.07 Å². The number of hydrogen-bond donors (Lipinski definition) is 1. The molecule has 0 radical (unpaired) electrons. The zero-order valence-electron chi connectivity index (χ0n) is 8.93. The van der Waals surface area contributed by atoms with E-state index in [9.17, 15) is 9.46 Å². The zero-order chi connectivity index (χ0) is 12.9. The fourth-order valence-corrected chi connectivity index (χ4v) is 3.88. The van der Waals surface area contributed by atoms with Gasteiger partial charge in [0.2, 0.25) is 0 Å².